The maximum absolute atomic E-state index is 13.0. The Bertz CT molecular complexity index is 765. The first-order chi connectivity index (χ1) is 15.5. The molecule has 0 spiro atoms. The summed E-state index contributed by atoms with van der Waals surface area (Å²) >= 11 is 1.43. The molecule has 0 bridgehead atoms. The van der Waals surface area contributed by atoms with Gasteiger partial charge in [0.15, 0.2) is 0 Å². The molecular formula is C19H32N6O7S. The van der Waals surface area contributed by atoms with Gasteiger partial charge in [0.05, 0.1) is 12.5 Å². The van der Waals surface area contributed by atoms with Gasteiger partial charge < -0.3 is 37.8 Å². The number of hydrogen-bond acceptors (Lipinski definition) is 8. The number of nitrogens with two attached hydrogens (primary N) is 3. The van der Waals surface area contributed by atoms with E-state index in [1.165, 1.54) is 16.7 Å². The van der Waals surface area contributed by atoms with Gasteiger partial charge in [-0.15, -0.1) is 0 Å². The fourth-order valence-electron chi connectivity index (χ4n) is 3.37. The van der Waals surface area contributed by atoms with Crippen LogP contribution in [-0.4, -0.2) is 88.2 Å². The van der Waals surface area contributed by atoms with Crippen molar-refractivity contribution in [2.45, 2.75) is 62.7 Å². The summed E-state index contributed by atoms with van der Waals surface area (Å²) in [5.74, 6) is -4.35. The van der Waals surface area contributed by atoms with Crippen LogP contribution in [-0.2, 0) is 28.8 Å². The van der Waals surface area contributed by atoms with Crippen LogP contribution in [0.1, 0.15) is 38.5 Å². The van der Waals surface area contributed by atoms with Crippen LogP contribution < -0.4 is 27.8 Å². The van der Waals surface area contributed by atoms with Crippen molar-refractivity contribution in [1.29, 1.82) is 0 Å². The number of carboxylic acid groups (broad SMARTS) is 1. The van der Waals surface area contributed by atoms with Crippen LogP contribution in [0.15, 0.2) is 0 Å². The Labute approximate surface area is 195 Å². The predicted molar refractivity (Wildman–Crippen MR) is 119 cm³/mol. The van der Waals surface area contributed by atoms with Crippen LogP contribution in [0, 0.1) is 0 Å². The number of aliphatic carboxylic acids is 1. The molecule has 0 aromatic rings. The maximum atomic E-state index is 13.0. The maximum Gasteiger partial charge on any atom is 0.326 e. The lowest BCUT2D eigenvalue weighted by Gasteiger charge is -2.28. The van der Waals surface area contributed by atoms with Gasteiger partial charge in [-0.2, -0.15) is 11.8 Å². The molecule has 14 heteroatoms. The normalized spacial score (nSPS) is 18.1. The molecule has 0 aliphatic carbocycles. The van der Waals surface area contributed by atoms with Crippen molar-refractivity contribution >= 4 is 47.3 Å². The quantitative estimate of drug-likeness (QED) is 0.149. The molecule has 0 radical (unpaired) electrons. The van der Waals surface area contributed by atoms with Crippen molar-refractivity contribution in [3.05, 3.63) is 0 Å². The van der Waals surface area contributed by atoms with Gasteiger partial charge in [0.1, 0.15) is 18.1 Å². The third-order valence-corrected chi connectivity index (χ3v) is 5.77. The highest BCUT2D eigenvalue weighted by atomic mass is 32.2. The van der Waals surface area contributed by atoms with Crippen molar-refractivity contribution in [1.82, 2.24) is 15.5 Å². The lowest BCUT2D eigenvalue weighted by atomic mass is 10.1. The number of carboxylic acids is 1. The van der Waals surface area contributed by atoms with Crippen molar-refractivity contribution in [2.24, 2.45) is 17.2 Å². The van der Waals surface area contributed by atoms with Crippen molar-refractivity contribution in [2.75, 3.05) is 18.6 Å². The summed E-state index contributed by atoms with van der Waals surface area (Å²) in [7, 11) is 0. The Hall–Kier alpha value is -2.87. The van der Waals surface area contributed by atoms with Crippen LogP contribution in [0.3, 0.4) is 0 Å². The monoisotopic (exact) mass is 488 g/mol. The van der Waals surface area contributed by atoms with Crippen LogP contribution in [0.25, 0.3) is 0 Å². The van der Waals surface area contributed by atoms with Crippen LogP contribution >= 0.6 is 11.8 Å². The summed E-state index contributed by atoms with van der Waals surface area (Å²) in [6.07, 6.45) is 2.10. The van der Waals surface area contributed by atoms with Crippen LogP contribution in [0.2, 0.25) is 0 Å². The van der Waals surface area contributed by atoms with E-state index >= 15 is 0 Å². The molecule has 9 N–H and O–H groups in total. The van der Waals surface area contributed by atoms with E-state index in [4.69, 9.17) is 17.2 Å². The molecular weight excluding hydrogens is 456 g/mol. The van der Waals surface area contributed by atoms with E-state index in [1.54, 1.807) is 0 Å². The summed E-state index contributed by atoms with van der Waals surface area (Å²) in [6.45, 7) is 0.248. The zero-order valence-corrected chi connectivity index (χ0v) is 19.3. The number of carbonyl (C=O) groups is 6. The molecule has 1 heterocycles. The number of primary amides is 2. The van der Waals surface area contributed by atoms with Gasteiger partial charge in [-0.05, 0) is 37.7 Å². The second-order valence-corrected chi connectivity index (χ2v) is 8.70. The first-order valence-corrected chi connectivity index (χ1v) is 11.8. The standard InChI is InChI=1S/C19H32N6O7S/c1-33-8-6-11(18(30)25-7-2-3-13(25)19(31)32)23-17(29)12(9-15(22)27)24-16(28)10(20)4-5-14(21)26/h10-13H,2-9,20H2,1H3,(H2,21,26)(H2,22,27)(H,23,29)(H,24,28)(H,31,32). The summed E-state index contributed by atoms with van der Waals surface area (Å²) in [5.41, 5.74) is 15.9. The minimum absolute atomic E-state index is 0.0630. The molecule has 1 saturated heterocycles. The molecule has 33 heavy (non-hydrogen) atoms. The number of rotatable bonds is 14. The van der Waals surface area contributed by atoms with Gasteiger partial charge in [-0.3, -0.25) is 24.0 Å². The number of likely N-dealkylation sites (tertiary alicyclic amines) is 1. The first-order valence-electron chi connectivity index (χ1n) is 10.4. The second kappa shape index (κ2) is 13.6. The van der Waals surface area contributed by atoms with Crippen molar-refractivity contribution < 1.29 is 33.9 Å². The molecule has 13 nitrogen and oxygen atoms in total. The Morgan fingerprint density at radius 1 is 1.03 bits per heavy atom. The zero-order chi connectivity index (χ0) is 25.1. The van der Waals surface area contributed by atoms with E-state index < -0.39 is 66.1 Å². The van der Waals surface area contributed by atoms with Gasteiger partial charge in [-0.1, -0.05) is 0 Å². The lowest BCUT2D eigenvalue weighted by molar-refractivity contribution is -0.149. The SMILES string of the molecule is CSCCC(NC(=O)C(CC(N)=O)NC(=O)C(N)CCC(N)=O)C(=O)N1CCCC1C(=O)O. The molecule has 1 aliphatic rings. The van der Waals surface area contributed by atoms with E-state index in [2.05, 4.69) is 10.6 Å². The zero-order valence-electron chi connectivity index (χ0n) is 18.5. The van der Waals surface area contributed by atoms with E-state index in [9.17, 15) is 33.9 Å². The number of nitrogens with one attached hydrogen (secondary N) is 2. The third kappa shape index (κ3) is 9.26. The van der Waals surface area contributed by atoms with Crippen LogP contribution in [0.5, 0.6) is 0 Å². The van der Waals surface area contributed by atoms with Crippen molar-refractivity contribution in [3.63, 3.8) is 0 Å². The van der Waals surface area contributed by atoms with E-state index in [0.29, 0.717) is 18.6 Å². The first kappa shape index (κ1) is 28.2. The van der Waals surface area contributed by atoms with Gasteiger partial charge in [0.2, 0.25) is 29.5 Å². The Morgan fingerprint density at radius 2 is 1.67 bits per heavy atom. The van der Waals surface area contributed by atoms with Crippen LogP contribution in [0.4, 0.5) is 0 Å². The number of nitrogens with zero attached hydrogens (tertiary/aromatic N) is 1. The average molecular weight is 489 g/mol. The predicted octanol–water partition coefficient (Wildman–Crippen LogP) is -2.75. The number of amides is 5. The molecule has 186 valence electrons. The molecule has 0 aromatic heterocycles. The molecule has 5 amide bonds. The molecule has 4 atom stereocenters. The Morgan fingerprint density at radius 3 is 2.21 bits per heavy atom. The highest BCUT2D eigenvalue weighted by molar-refractivity contribution is 7.98. The highest BCUT2D eigenvalue weighted by Crippen LogP contribution is 2.19. The summed E-state index contributed by atoms with van der Waals surface area (Å²) in [6, 6.07) is -4.60. The minimum atomic E-state index is -1.41. The molecule has 1 rings (SSSR count). The summed E-state index contributed by atoms with van der Waals surface area (Å²) < 4.78 is 0. The fourth-order valence-corrected chi connectivity index (χ4v) is 3.84. The largest absolute Gasteiger partial charge is 0.480 e. The molecule has 1 aliphatic heterocycles. The highest BCUT2D eigenvalue weighted by Gasteiger charge is 2.38. The molecule has 0 aromatic carbocycles. The molecule has 1 fully saturated rings. The van der Waals surface area contributed by atoms with Crippen molar-refractivity contribution in [3.8, 4) is 0 Å². The fraction of sp³-hybridized carbons (Fsp3) is 0.684. The van der Waals surface area contributed by atoms with E-state index in [-0.39, 0.29) is 25.8 Å². The smallest absolute Gasteiger partial charge is 0.326 e. The minimum Gasteiger partial charge on any atom is -0.480 e. The van der Waals surface area contributed by atoms with Gasteiger partial charge >= 0.3 is 5.97 Å². The summed E-state index contributed by atoms with van der Waals surface area (Å²) in [5, 5.41) is 14.2. The van der Waals surface area contributed by atoms with Gasteiger partial charge in [0.25, 0.3) is 0 Å². The Balaban J connectivity index is 2.95. The van der Waals surface area contributed by atoms with E-state index in [0.717, 1.165) is 0 Å². The Kier molecular flexibility index (Phi) is 11.6. The average Bonchev–Trinajstić information content (AvgIpc) is 3.23. The number of hydrogen-bond donors (Lipinski definition) is 6. The van der Waals surface area contributed by atoms with Gasteiger partial charge in [0, 0.05) is 13.0 Å². The molecule has 0 saturated carbocycles. The topological polar surface area (TPSA) is 228 Å². The lowest BCUT2D eigenvalue weighted by Crippen LogP contribution is -2.57. The van der Waals surface area contributed by atoms with E-state index in [1.807, 2.05) is 6.26 Å². The molecule has 4 unspecified atom stereocenters. The summed E-state index contributed by atoms with van der Waals surface area (Å²) in [4.78, 5) is 73.2. The second-order valence-electron chi connectivity index (χ2n) is 7.71. The number of thioether (sulfide) groups is 1. The number of carbonyl (C=O) groups excluding carboxylic acids is 5. The van der Waals surface area contributed by atoms with Gasteiger partial charge in [-0.25, -0.2) is 4.79 Å². The third-order valence-electron chi connectivity index (χ3n) is 5.12.